The van der Waals surface area contributed by atoms with Crippen LogP contribution >= 0.6 is 34.7 Å². The van der Waals surface area contributed by atoms with Crippen LogP contribution in [0.2, 0.25) is 5.02 Å². The normalized spacial score (nSPS) is 11.2. The van der Waals surface area contributed by atoms with Gasteiger partial charge >= 0.3 is 0 Å². The number of carbonyl (C=O) groups is 1. The topological polar surface area (TPSA) is 127 Å². The van der Waals surface area contributed by atoms with Gasteiger partial charge in [-0.1, -0.05) is 41.6 Å². The third-order valence-corrected chi connectivity index (χ3v) is 8.18. The number of anilines is 1. The molecule has 4 N–H and O–H groups in total. The first-order valence-corrected chi connectivity index (χ1v) is 14.0. The number of hydrogen-bond donors (Lipinski definition) is 3. The van der Waals surface area contributed by atoms with Crippen LogP contribution in [0.25, 0.3) is 43.6 Å². The van der Waals surface area contributed by atoms with E-state index in [4.69, 9.17) is 22.4 Å². The number of thiazole rings is 1. The molecule has 194 valence electrons. The molecule has 0 unspecified atom stereocenters. The van der Waals surface area contributed by atoms with Gasteiger partial charge in [-0.15, -0.1) is 21.5 Å². The zero-order valence-corrected chi connectivity index (χ0v) is 22.9. The Labute approximate surface area is 236 Å². The molecule has 9 nitrogen and oxygen atoms in total. The summed E-state index contributed by atoms with van der Waals surface area (Å²) < 4.78 is 2.50. The number of thioether (sulfide) groups is 1. The number of amides is 1. The highest BCUT2D eigenvalue weighted by molar-refractivity contribution is 7.99. The van der Waals surface area contributed by atoms with Crippen molar-refractivity contribution in [3.8, 4) is 33.3 Å². The molecule has 0 spiro atoms. The Kier molecular flexibility index (Phi) is 6.77. The fourth-order valence-electron chi connectivity index (χ4n) is 3.94. The average molecular weight is 573 g/mol. The molecule has 3 aromatic heterocycles. The van der Waals surface area contributed by atoms with Crippen molar-refractivity contribution in [2.24, 2.45) is 0 Å². The summed E-state index contributed by atoms with van der Waals surface area (Å²) in [6, 6.07) is 23.1. The molecule has 6 aromatic rings. The number of fused-ring (bicyclic) bond motifs is 1. The number of halogens is 1. The highest BCUT2D eigenvalue weighted by Gasteiger charge is 2.17. The maximum Gasteiger partial charge on any atom is 0.234 e. The maximum absolute atomic E-state index is 12.6. The van der Waals surface area contributed by atoms with Crippen LogP contribution in [0.1, 0.15) is 5.56 Å². The van der Waals surface area contributed by atoms with Crippen LogP contribution in [0.4, 0.5) is 5.69 Å². The van der Waals surface area contributed by atoms with Gasteiger partial charge in [0, 0.05) is 21.8 Å². The number of hydrogen-bond acceptors (Lipinski definition) is 8. The Hall–Kier alpha value is -4.19. The standard InChI is InChI=1S/C27H21ClN8OS2/c1-15-2-11-20-23(12-15)39-26(31-20)17-5-9-19(10-6-17)30-24(37)14-38-27-35-34-25(36(27)29)22-13-21(32-33-22)16-3-7-18(28)8-4-16/h2-13H,14,29H2,1H3,(H,30,37)(H,32,33). The summed E-state index contributed by atoms with van der Waals surface area (Å²) in [4.78, 5) is 17.3. The number of nitrogens with one attached hydrogen (secondary N) is 2. The maximum atomic E-state index is 12.6. The first kappa shape index (κ1) is 25.1. The minimum atomic E-state index is -0.181. The number of aryl methyl sites for hydroxylation is 1. The number of aromatic nitrogens is 6. The molecule has 39 heavy (non-hydrogen) atoms. The van der Waals surface area contributed by atoms with Gasteiger partial charge in [-0.05, 0) is 67.1 Å². The largest absolute Gasteiger partial charge is 0.335 e. The number of aromatic amines is 1. The van der Waals surface area contributed by atoms with Gasteiger partial charge < -0.3 is 11.2 Å². The van der Waals surface area contributed by atoms with E-state index in [1.54, 1.807) is 23.5 Å². The van der Waals surface area contributed by atoms with E-state index in [0.717, 1.165) is 32.0 Å². The van der Waals surface area contributed by atoms with E-state index in [1.807, 2.05) is 48.5 Å². The molecule has 0 aliphatic heterocycles. The van der Waals surface area contributed by atoms with Crippen LogP contribution in [0.15, 0.2) is 78.0 Å². The molecule has 0 atom stereocenters. The molecule has 0 saturated heterocycles. The lowest BCUT2D eigenvalue weighted by Crippen LogP contribution is -2.16. The molecule has 0 aliphatic carbocycles. The van der Waals surface area contributed by atoms with Gasteiger partial charge in [0.1, 0.15) is 10.7 Å². The van der Waals surface area contributed by atoms with Gasteiger partial charge in [-0.2, -0.15) is 5.10 Å². The predicted octanol–water partition coefficient (Wildman–Crippen LogP) is 6.02. The molecule has 3 aromatic carbocycles. The summed E-state index contributed by atoms with van der Waals surface area (Å²) in [5.74, 6) is 6.56. The van der Waals surface area contributed by atoms with Crippen LogP contribution in [0.5, 0.6) is 0 Å². The van der Waals surface area contributed by atoms with Crippen molar-refractivity contribution in [2.75, 3.05) is 16.9 Å². The van der Waals surface area contributed by atoms with E-state index in [1.165, 1.54) is 22.0 Å². The number of nitrogens with zero attached hydrogens (tertiary/aromatic N) is 5. The highest BCUT2D eigenvalue weighted by Crippen LogP contribution is 2.31. The molecule has 12 heteroatoms. The Bertz CT molecular complexity index is 1790. The van der Waals surface area contributed by atoms with E-state index in [2.05, 4.69) is 44.8 Å². The molecule has 1 amide bonds. The molecule has 0 saturated carbocycles. The molecule has 0 fully saturated rings. The Morgan fingerprint density at radius 2 is 1.82 bits per heavy atom. The molecule has 0 aliphatic rings. The number of benzene rings is 3. The van der Waals surface area contributed by atoms with Crippen molar-refractivity contribution in [1.29, 1.82) is 0 Å². The van der Waals surface area contributed by atoms with Gasteiger partial charge in [-0.3, -0.25) is 9.89 Å². The summed E-state index contributed by atoms with van der Waals surface area (Å²) in [7, 11) is 0. The summed E-state index contributed by atoms with van der Waals surface area (Å²) >= 11 is 8.81. The first-order chi connectivity index (χ1) is 18.9. The highest BCUT2D eigenvalue weighted by atomic mass is 35.5. The second-order valence-corrected chi connectivity index (χ2v) is 11.2. The SMILES string of the molecule is Cc1ccc2nc(-c3ccc(NC(=O)CSc4nnc(-c5cc(-c6ccc(Cl)cc6)n[nH]5)n4N)cc3)sc2c1. The molecular weight excluding hydrogens is 552 g/mol. The second-order valence-electron chi connectivity index (χ2n) is 8.75. The Balaban J connectivity index is 1.07. The zero-order valence-electron chi connectivity index (χ0n) is 20.6. The number of H-pyrrole nitrogens is 1. The van der Waals surface area contributed by atoms with Gasteiger partial charge in [-0.25, -0.2) is 9.66 Å². The monoisotopic (exact) mass is 572 g/mol. The van der Waals surface area contributed by atoms with Gasteiger partial charge in [0.25, 0.3) is 0 Å². The second kappa shape index (κ2) is 10.5. The number of rotatable bonds is 7. The average Bonchev–Trinajstić information content (AvgIpc) is 3.67. The zero-order chi connectivity index (χ0) is 26.9. The first-order valence-electron chi connectivity index (χ1n) is 11.9. The number of nitrogens with two attached hydrogens (primary N) is 1. The van der Waals surface area contributed by atoms with E-state index in [-0.39, 0.29) is 11.7 Å². The van der Waals surface area contributed by atoms with Crippen molar-refractivity contribution in [3.63, 3.8) is 0 Å². The van der Waals surface area contributed by atoms with E-state index in [0.29, 0.717) is 27.4 Å². The van der Waals surface area contributed by atoms with Crippen molar-refractivity contribution in [1.82, 2.24) is 30.1 Å². The van der Waals surface area contributed by atoms with Crippen LogP contribution < -0.4 is 11.2 Å². The third-order valence-electron chi connectivity index (χ3n) is 5.92. The quantitative estimate of drug-likeness (QED) is 0.158. The minimum Gasteiger partial charge on any atom is -0.335 e. The van der Waals surface area contributed by atoms with Crippen molar-refractivity contribution < 1.29 is 4.79 Å². The van der Waals surface area contributed by atoms with Gasteiger partial charge in [0.2, 0.25) is 16.9 Å². The van der Waals surface area contributed by atoms with E-state index in [9.17, 15) is 4.79 Å². The van der Waals surface area contributed by atoms with Crippen molar-refractivity contribution in [2.45, 2.75) is 12.1 Å². The van der Waals surface area contributed by atoms with Crippen molar-refractivity contribution in [3.05, 3.63) is 83.4 Å². The fourth-order valence-corrected chi connectivity index (χ4v) is 5.79. The summed E-state index contributed by atoms with van der Waals surface area (Å²) in [6.07, 6.45) is 0. The van der Waals surface area contributed by atoms with Gasteiger partial charge in [0.15, 0.2) is 0 Å². The number of nitrogen functional groups attached to an aromatic ring is 1. The minimum absolute atomic E-state index is 0.118. The number of carbonyl (C=O) groups excluding carboxylic acids is 1. The summed E-state index contributed by atoms with van der Waals surface area (Å²) in [5.41, 5.74) is 6.13. The predicted molar refractivity (Wildman–Crippen MR) is 157 cm³/mol. The lowest BCUT2D eigenvalue weighted by atomic mass is 10.1. The van der Waals surface area contributed by atoms with E-state index < -0.39 is 0 Å². The van der Waals surface area contributed by atoms with Crippen molar-refractivity contribution >= 4 is 56.5 Å². The Morgan fingerprint density at radius 3 is 2.62 bits per heavy atom. The van der Waals surface area contributed by atoms with Crippen LogP contribution in [0.3, 0.4) is 0 Å². The molecule has 0 bridgehead atoms. The molecule has 3 heterocycles. The molecule has 0 radical (unpaired) electrons. The third kappa shape index (κ3) is 5.37. The summed E-state index contributed by atoms with van der Waals surface area (Å²) in [6.45, 7) is 2.07. The van der Waals surface area contributed by atoms with E-state index >= 15 is 0 Å². The van der Waals surface area contributed by atoms with Crippen LogP contribution in [-0.2, 0) is 4.79 Å². The van der Waals surface area contributed by atoms with Crippen LogP contribution in [-0.4, -0.2) is 41.7 Å². The smallest absolute Gasteiger partial charge is 0.234 e. The van der Waals surface area contributed by atoms with Gasteiger partial charge in [0.05, 0.1) is 21.7 Å². The fraction of sp³-hybridized carbons (Fsp3) is 0.0741. The molecular formula is C27H21ClN8OS2. The molecule has 6 rings (SSSR count). The van der Waals surface area contributed by atoms with Crippen LogP contribution in [0, 0.1) is 6.92 Å². The Morgan fingerprint density at radius 1 is 1.05 bits per heavy atom. The lowest BCUT2D eigenvalue weighted by Gasteiger charge is -2.06. The summed E-state index contributed by atoms with van der Waals surface area (Å²) in [5, 5.41) is 20.5. The lowest BCUT2D eigenvalue weighted by molar-refractivity contribution is -0.113.